The number of rotatable bonds is 3. The SMILES string of the molecule is Nc1c(Cl)cc(C(=O)NCC2CCNCC2)c2c1OCCO2. The molecule has 2 aliphatic heterocycles. The topological polar surface area (TPSA) is 85.6 Å². The Labute approximate surface area is 134 Å². The predicted molar refractivity (Wildman–Crippen MR) is 84.8 cm³/mol. The van der Waals surface area contributed by atoms with E-state index in [0.29, 0.717) is 53.4 Å². The number of piperidine rings is 1. The number of fused-ring (bicyclic) bond motifs is 1. The molecule has 7 heteroatoms. The van der Waals surface area contributed by atoms with Crippen molar-refractivity contribution >= 4 is 23.2 Å². The number of ether oxygens (including phenoxy) is 2. The summed E-state index contributed by atoms with van der Waals surface area (Å²) >= 11 is 6.09. The van der Waals surface area contributed by atoms with Crippen LogP contribution in [0.3, 0.4) is 0 Å². The van der Waals surface area contributed by atoms with Gasteiger partial charge in [0.1, 0.15) is 13.2 Å². The quantitative estimate of drug-likeness (QED) is 0.732. The lowest BCUT2D eigenvalue weighted by molar-refractivity contribution is 0.0933. The molecule has 0 aliphatic carbocycles. The van der Waals surface area contributed by atoms with E-state index in [1.165, 1.54) is 0 Å². The molecule has 0 aromatic heterocycles. The maximum atomic E-state index is 12.5. The number of carbonyl (C=O) groups excluding carboxylic acids is 1. The normalized spacial score (nSPS) is 18.0. The van der Waals surface area contributed by atoms with Gasteiger partial charge >= 0.3 is 0 Å². The van der Waals surface area contributed by atoms with Crippen LogP contribution in [-0.2, 0) is 0 Å². The summed E-state index contributed by atoms with van der Waals surface area (Å²) in [4.78, 5) is 12.5. The fourth-order valence-corrected chi connectivity index (χ4v) is 2.98. The Morgan fingerprint density at radius 2 is 2.00 bits per heavy atom. The van der Waals surface area contributed by atoms with Crippen molar-refractivity contribution in [2.24, 2.45) is 5.92 Å². The molecule has 0 radical (unpaired) electrons. The van der Waals surface area contributed by atoms with Crippen LogP contribution in [0.1, 0.15) is 23.2 Å². The molecule has 1 amide bonds. The molecule has 2 heterocycles. The largest absolute Gasteiger partial charge is 0.485 e. The van der Waals surface area contributed by atoms with Gasteiger partial charge in [-0.25, -0.2) is 0 Å². The Kier molecular flexibility index (Phi) is 4.59. The number of hydrogen-bond acceptors (Lipinski definition) is 5. The zero-order valence-electron chi connectivity index (χ0n) is 12.3. The Morgan fingerprint density at radius 1 is 1.32 bits per heavy atom. The van der Waals surface area contributed by atoms with Gasteiger partial charge in [-0.3, -0.25) is 4.79 Å². The third-order valence-corrected chi connectivity index (χ3v) is 4.37. The molecule has 1 saturated heterocycles. The number of carbonyl (C=O) groups is 1. The van der Waals surface area contributed by atoms with Crippen LogP contribution in [0, 0.1) is 5.92 Å². The van der Waals surface area contributed by atoms with E-state index in [9.17, 15) is 4.79 Å². The number of nitrogens with one attached hydrogen (secondary N) is 2. The van der Waals surface area contributed by atoms with Crippen LogP contribution in [-0.4, -0.2) is 38.8 Å². The highest BCUT2D eigenvalue weighted by Gasteiger charge is 2.25. The highest BCUT2D eigenvalue weighted by atomic mass is 35.5. The first-order valence-electron chi connectivity index (χ1n) is 7.53. The maximum absolute atomic E-state index is 12.5. The molecule has 1 fully saturated rings. The van der Waals surface area contributed by atoms with E-state index in [-0.39, 0.29) is 5.91 Å². The van der Waals surface area contributed by atoms with Crippen LogP contribution in [0.2, 0.25) is 5.02 Å². The highest BCUT2D eigenvalue weighted by Crippen LogP contribution is 2.43. The van der Waals surface area contributed by atoms with E-state index in [4.69, 9.17) is 26.8 Å². The summed E-state index contributed by atoms with van der Waals surface area (Å²) in [6.45, 7) is 3.44. The first kappa shape index (κ1) is 15.2. The molecule has 0 bridgehead atoms. The van der Waals surface area contributed by atoms with Crippen LogP contribution in [0.25, 0.3) is 0 Å². The molecule has 6 nitrogen and oxygen atoms in total. The molecular formula is C15H20ClN3O3. The van der Waals surface area contributed by atoms with Gasteiger partial charge in [-0.2, -0.15) is 0 Å². The molecule has 4 N–H and O–H groups in total. The summed E-state index contributed by atoms with van der Waals surface area (Å²) in [5.74, 6) is 1.05. The second kappa shape index (κ2) is 6.62. The van der Waals surface area contributed by atoms with Crippen molar-refractivity contribution in [3.63, 3.8) is 0 Å². The van der Waals surface area contributed by atoms with Crippen molar-refractivity contribution < 1.29 is 14.3 Å². The molecule has 1 aromatic carbocycles. The second-order valence-corrected chi connectivity index (χ2v) is 5.99. The Hall–Kier alpha value is -1.66. The minimum Gasteiger partial charge on any atom is -0.485 e. The van der Waals surface area contributed by atoms with Crippen LogP contribution in [0.15, 0.2) is 6.07 Å². The number of nitrogens with two attached hydrogens (primary N) is 1. The van der Waals surface area contributed by atoms with Gasteiger partial charge in [-0.05, 0) is 37.9 Å². The Balaban J connectivity index is 1.75. The number of halogens is 1. The monoisotopic (exact) mass is 325 g/mol. The van der Waals surface area contributed by atoms with E-state index in [2.05, 4.69) is 10.6 Å². The zero-order valence-corrected chi connectivity index (χ0v) is 13.0. The van der Waals surface area contributed by atoms with Gasteiger partial charge in [-0.15, -0.1) is 0 Å². The third kappa shape index (κ3) is 3.08. The lowest BCUT2D eigenvalue weighted by Crippen LogP contribution is -2.36. The summed E-state index contributed by atoms with van der Waals surface area (Å²) in [7, 11) is 0. The summed E-state index contributed by atoms with van der Waals surface area (Å²) in [6, 6.07) is 1.54. The maximum Gasteiger partial charge on any atom is 0.255 e. The van der Waals surface area contributed by atoms with Crippen molar-refractivity contribution in [2.45, 2.75) is 12.8 Å². The lowest BCUT2D eigenvalue weighted by atomic mass is 9.98. The first-order valence-corrected chi connectivity index (χ1v) is 7.91. The van der Waals surface area contributed by atoms with Crippen LogP contribution >= 0.6 is 11.6 Å². The number of anilines is 1. The minimum atomic E-state index is -0.206. The van der Waals surface area contributed by atoms with Crippen molar-refractivity contribution in [2.75, 3.05) is 38.6 Å². The molecule has 2 aliphatic rings. The van der Waals surface area contributed by atoms with Crippen molar-refractivity contribution in [1.82, 2.24) is 10.6 Å². The van der Waals surface area contributed by atoms with Crippen molar-refractivity contribution in [3.05, 3.63) is 16.7 Å². The number of hydrogen-bond donors (Lipinski definition) is 3. The van der Waals surface area contributed by atoms with E-state index in [1.54, 1.807) is 6.07 Å². The molecule has 0 spiro atoms. The molecule has 22 heavy (non-hydrogen) atoms. The smallest absolute Gasteiger partial charge is 0.255 e. The van der Waals surface area contributed by atoms with E-state index >= 15 is 0 Å². The van der Waals surface area contributed by atoms with E-state index in [1.807, 2.05) is 0 Å². The van der Waals surface area contributed by atoms with Gasteiger partial charge < -0.3 is 25.8 Å². The summed E-state index contributed by atoms with van der Waals surface area (Å²) in [5.41, 5.74) is 6.58. The van der Waals surface area contributed by atoms with Gasteiger partial charge in [0.25, 0.3) is 5.91 Å². The summed E-state index contributed by atoms with van der Waals surface area (Å²) in [5, 5.41) is 6.57. The molecule has 0 atom stereocenters. The van der Waals surface area contributed by atoms with Gasteiger partial charge in [0.15, 0.2) is 11.5 Å². The van der Waals surface area contributed by atoms with Crippen LogP contribution < -0.4 is 25.8 Å². The molecule has 1 aromatic rings. The molecule has 0 unspecified atom stereocenters. The summed E-state index contributed by atoms with van der Waals surface area (Å²) in [6.07, 6.45) is 2.14. The standard InChI is InChI=1S/C15H20ClN3O3/c16-11-7-10(13-14(12(11)17)22-6-5-21-13)15(20)19-8-9-1-3-18-4-2-9/h7,9,18H,1-6,8,17H2,(H,19,20). The van der Waals surface area contributed by atoms with Crippen LogP contribution in [0.5, 0.6) is 11.5 Å². The fourth-order valence-electron chi connectivity index (χ4n) is 2.78. The van der Waals surface area contributed by atoms with Gasteiger partial charge in [0.05, 0.1) is 16.3 Å². The average Bonchev–Trinajstić information content (AvgIpc) is 2.57. The third-order valence-electron chi connectivity index (χ3n) is 4.05. The van der Waals surface area contributed by atoms with Gasteiger partial charge in [0, 0.05) is 6.54 Å². The van der Waals surface area contributed by atoms with Crippen molar-refractivity contribution in [3.8, 4) is 11.5 Å². The zero-order chi connectivity index (χ0) is 15.5. The lowest BCUT2D eigenvalue weighted by Gasteiger charge is -2.24. The average molecular weight is 326 g/mol. The van der Waals surface area contributed by atoms with Gasteiger partial charge in [-0.1, -0.05) is 11.6 Å². The van der Waals surface area contributed by atoms with E-state index in [0.717, 1.165) is 25.9 Å². The van der Waals surface area contributed by atoms with Crippen molar-refractivity contribution in [1.29, 1.82) is 0 Å². The summed E-state index contributed by atoms with van der Waals surface area (Å²) < 4.78 is 11.1. The molecular weight excluding hydrogens is 306 g/mol. The number of benzene rings is 1. The first-order chi connectivity index (χ1) is 10.7. The Bertz CT molecular complexity index is 574. The molecule has 0 saturated carbocycles. The Morgan fingerprint density at radius 3 is 2.73 bits per heavy atom. The van der Waals surface area contributed by atoms with Gasteiger partial charge in [0.2, 0.25) is 0 Å². The second-order valence-electron chi connectivity index (χ2n) is 5.58. The molecule has 120 valence electrons. The fraction of sp³-hybridized carbons (Fsp3) is 0.533. The molecule has 3 rings (SSSR count). The predicted octanol–water partition coefficient (Wildman–Crippen LogP) is 1.42. The number of amides is 1. The minimum absolute atomic E-state index is 0.206. The van der Waals surface area contributed by atoms with Crippen LogP contribution in [0.4, 0.5) is 5.69 Å². The number of nitrogen functional groups attached to an aromatic ring is 1. The highest BCUT2D eigenvalue weighted by molar-refractivity contribution is 6.34. The van der Waals surface area contributed by atoms with E-state index < -0.39 is 0 Å².